The van der Waals surface area contributed by atoms with E-state index in [9.17, 15) is 4.39 Å². The maximum atomic E-state index is 13.1. The zero-order valence-corrected chi connectivity index (χ0v) is 16.7. The number of hydrogen-bond acceptors (Lipinski definition) is 7. The fourth-order valence-electron chi connectivity index (χ4n) is 2.58. The molecule has 0 bridgehead atoms. The Balaban J connectivity index is 1.54. The predicted octanol–water partition coefficient (Wildman–Crippen LogP) is 5.83. The second-order valence-corrected chi connectivity index (χ2v) is 7.53. The van der Waals surface area contributed by atoms with E-state index in [4.69, 9.17) is 9.47 Å². The van der Waals surface area contributed by atoms with Crippen LogP contribution < -0.4 is 14.8 Å². The molecule has 2 aromatic heterocycles. The van der Waals surface area contributed by atoms with E-state index in [-0.39, 0.29) is 5.82 Å². The lowest BCUT2D eigenvalue weighted by Gasteiger charge is -2.08. The summed E-state index contributed by atoms with van der Waals surface area (Å²) in [5.41, 5.74) is 3.30. The fraction of sp³-hybridized carbons (Fsp3) is 0.100. The standard InChI is InChI=1S/C20H16FN3O2S2/c1-25-15-7-14(8-16(9-15)26-2)22-20-24-18(11-28-20)19-23-17(10-27-19)12-3-5-13(21)6-4-12/h3-11H,1-2H3,(H,22,24). The van der Waals surface area contributed by atoms with Crippen molar-refractivity contribution in [1.29, 1.82) is 0 Å². The van der Waals surface area contributed by atoms with Crippen molar-refractivity contribution in [2.24, 2.45) is 0 Å². The smallest absolute Gasteiger partial charge is 0.187 e. The molecule has 1 N–H and O–H groups in total. The number of methoxy groups -OCH3 is 2. The third-order valence-corrected chi connectivity index (χ3v) is 5.59. The summed E-state index contributed by atoms with van der Waals surface area (Å²) in [6.07, 6.45) is 0. The van der Waals surface area contributed by atoms with Gasteiger partial charge in [-0.15, -0.1) is 22.7 Å². The molecular formula is C20H16FN3O2S2. The highest BCUT2D eigenvalue weighted by atomic mass is 32.1. The van der Waals surface area contributed by atoms with E-state index >= 15 is 0 Å². The number of halogens is 1. The Hall–Kier alpha value is -2.97. The Bertz CT molecular complexity index is 1070. The van der Waals surface area contributed by atoms with Crippen molar-refractivity contribution in [2.75, 3.05) is 19.5 Å². The number of rotatable bonds is 6. The van der Waals surface area contributed by atoms with Gasteiger partial charge in [0.2, 0.25) is 0 Å². The van der Waals surface area contributed by atoms with Crippen molar-refractivity contribution in [3.63, 3.8) is 0 Å². The molecule has 4 aromatic rings. The van der Waals surface area contributed by atoms with E-state index < -0.39 is 0 Å². The molecule has 0 unspecified atom stereocenters. The molecular weight excluding hydrogens is 397 g/mol. The van der Waals surface area contributed by atoms with Crippen LogP contribution in [0.2, 0.25) is 0 Å². The van der Waals surface area contributed by atoms with Gasteiger partial charge in [-0.1, -0.05) is 0 Å². The molecule has 0 saturated heterocycles. The monoisotopic (exact) mass is 413 g/mol. The number of anilines is 2. The van der Waals surface area contributed by atoms with Crippen molar-refractivity contribution in [3.8, 4) is 33.5 Å². The van der Waals surface area contributed by atoms with Gasteiger partial charge in [-0.25, -0.2) is 14.4 Å². The number of benzene rings is 2. The molecule has 0 amide bonds. The highest BCUT2D eigenvalue weighted by Gasteiger charge is 2.11. The Morgan fingerprint density at radius 1 is 0.857 bits per heavy atom. The van der Waals surface area contributed by atoms with Gasteiger partial charge in [0, 0.05) is 40.2 Å². The van der Waals surface area contributed by atoms with Gasteiger partial charge in [-0.05, 0) is 24.3 Å². The highest BCUT2D eigenvalue weighted by Crippen LogP contribution is 2.33. The first-order valence-electron chi connectivity index (χ1n) is 8.32. The molecule has 0 aliphatic heterocycles. The molecule has 0 atom stereocenters. The fourth-order valence-corrected chi connectivity index (χ4v) is 4.16. The van der Waals surface area contributed by atoms with Crippen molar-refractivity contribution in [2.45, 2.75) is 0 Å². The second-order valence-electron chi connectivity index (χ2n) is 5.81. The van der Waals surface area contributed by atoms with E-state index in [1.807, 2.05) is 29.0 Å². The third-order valence-electron chi connectivity index (χ3n) is 3.97. The van der Waals surface area contributed by atoms with Gasteiger partial charge in [0.05, 0.1) is 19.9 Å². The summed E-state index contributed by atoms with van der Waals surface area (Å²) in [5, 5.41) is 8.72. The summed E-state index contributed by atoms with van der Waals surface area (Å²) >= 11 is 2.99. The lowest BCUT2D eigenvalue weighted by molar-refractivity contribution is 0.395. The van der Waals surface area contributed by atoms with Gasteiger partial charge in [0.25, 0.3) is 0 Å². The highest BCUT2D eigenvalue weighted by molar-refractivity contribution is 7.15. The van der Waals surface area contributed by atoms with Crippen LogP contribution in [0.5, 0.6) is 11.5 Å². The molecule has 0 radical (unpaired) electrons. The average Bonchev–Trinajstić information content (AvgIpc) is 3.38. The number of nitrogens with zero attached hydrogens (tertiary/aromatic N) is 2. The number of aromatic nitrogens is 2. The second kappa shape index (κ2) is 7.95. The van der Waals surface area contributed by atoms with Gasteiger partial charge in [-0.3, -0.25) is 0 Å². The average molecular weight is 413 g/mol. The van der Waals surface area contributed by atoms with Crippen LogP contribution in [0.25, 0.3) is 22.0 Å². The molecule has 142 valence electrons. The van der Waals surface area contributed by atoms with Gasteiger partial charge in [0.15, 0.2) is 5.13 Å². The molecule has 0 fully saturated rings. The first-order chi connectivity index (χ1) is 13.6. The van der Waals surface area contributed by atoms with E-state index in [1.54, 1.807) is 26.4 Å². The zero-order chi connectivity index (χ0) is 19.5. The van der Waals surface area contributed by atoms with E-state index in [0.717, 1.165) is 32.8 Å². The maximum absolute atomic E-state index is 13.1. The van der Waals surface area contributed by atoms with E-state index in [2.05, 4.69) is 15.3 Å². The molecule has 0 saturated carbocycles. The summed E-state index contributed by atoms with van der Waals surface area (Å²) < 4.78 is 23.7. The van der Waals surface area contributed by atoms with Gasteiger partial charge < -0.3 is 14.8 Å². The summed E-state index contributed by atoms with van der Waals surface area (Å²) in [4.78, 5) is 9.25. The first kappa shape index (κ1) is 18.4. The Morgan fingerprint density at radius 3 is 2.21 bits per heavy atom. The Labute approximate surface area is 169 Å². The summed E-state index contributed by atoms with van der Waals surface area (Å²) in [6.45, 7) is 0. The summed E-state index contributed by atoms with van der Waals surface area (Å²) in [7, 11) is 3.22. The van der Waals surface area contributed by atoms with Crippen LogP contribution in [-0.2, 0) is 0 Å². The van der Waals surface area contributed by atoms with Gasteiger partial charge in [-0.2, -0.15) is 0 Å². The quantitative estimate of drug-likeness (QED) is 0.431. The van der Waals surface area contributed by atoms with Gasteiger partial charge in [0.1, 0.15) is 28.0 Å². The SMILES string of the molecule is COc1cc(Nc2nc(-c3nc(-c4ccc(F)cc4)cs3)cs2)cc(OC)c1. The van der Waals surface area contributed by atoms with E-state index in [1.165, 1.54) is 34.8 Å². The van der Waals surface area contributed by atoms with Crippen LogP contribution in [0.15, 0.2) is 53.2 Å². The van der Waals surface area contributed by atoms with Crippen LogP contribution in [0.3, 0.4) is 0 Å². The molecule has 28 heavy (non-hydrogen) atoms. The topological polar surface area (TPSA) is 56.3 Å². The lowest BCUT2D eigenvalue weighted by Crippen LogP contribution is -1.93. The predicted molar refractivity (Wildman–Crippen MR) is 111 cm³/mol. The summed E-state index contributed by atoms with van der Waals surface area (Å²) in [5.74, 6) is 1.13. The number of hydrogen-bond donors (Lipinski definition) is 1. The minimum Gasteiger partial charge on any atom is -0.497 e. The normalized spacial score (nSPS) is 10.7. The van der Waals surface area contributed by atoms with Crippen molar-refractivity contribution in [3.05, 3.63) is 59.0 Å². The van der Waals surface area contributed by atoms with E-state index in [0.29, 0.717) is 11.5 Å². The molecule has 8 heteroatoms. The molecule has 2 aromatic carbocycles. The Morgan fingerprint density at radius 2 is 1.54 bits per heavy atom. The van der Waals surface area contributed by atoms with Crippen LogP contribution >= 0.6 is 22.7 Å². The zero-order valence-electron chi connectivity index (χ0n) is 15.1. The number of nitrogens with one attached hydrogen (secondary N) is 1. The third kappa shape index (κ3) is 3.97. The molecule has 4 rings (SSSR count). The minimum atomic E-state index is -0.261. The van der Waals surface area contributed by atoms with Crippen molar-refractivity contribution < 1.29 is 13.9 Å². The van der Waals surface area contributed by atoms with Crippen molar-refractivity contribution in [1.82, 2.24) is 9.97 Å². The van der Waals surface area contributed by atoms with Crippen LogP contribution in [0.1, 0.15) is 0 Å². The molecule has 0 spiro atoms. The summed E-state index contributed by atoms with van der Waals surface area (Å²) in [6, 6.07) is 11.9. The lowest BCUT2D eigenvalue weighted by atomic mass is 10.2. The van der Waals surface area contributed by atoms with Crippen LogP contribution in [0.4, 0.5) is 15.2 Å². The number of thiazole rings is 2. The molecule has 5 nitrogen and oxygen atoms in total. The van der Waals surface area contributed by atoms with Crippen LogP contribution in [-0.4, -0.2) is 24.2 Å². The number of ether oxygens (including phenoxy) is 2. The largest absolute Gasteiger partial charge is 0.497 e. The van der Waals surface area contributed by atoms with Crippen molar-refractivity contribution >= 4 is 33.5 Å². The first-order valence-corrected chi connectivity index (χ1v) is 10.1. The molecule has 0 aliphatic rings. The maximum Gasteiger partial charge on any atom is 0.187 e. The minimum absolute atomic E-state index is 0.261. The molecule has 2 heterocycles. The Kier molecular flexibility index (Phi) is 5.23. The van der Waals surface area contributed by atoms with Gasteiger partial charge >= 0.3 is 0 Å². The molecule has 0 aliphatic carbocycles. The van der Waals surface area contributed by atoms with Crippen LogP contribution in [0, 0.1) is 5.82 Å².